The molecule has 2 bridgehead atoms. The normalized spacial score (nSPS) is 17.7. The molecule has 3 heterocycles. The van der Waals surface area contributed by atoms with Crippen LogP contribution in [0.4, 0.5) is 0 Å². The van der Waals surface area contributed by atoms with Gasteiger partial charge < -0.3 is 9.64 Å². The van der Waals surface area contributed by atoms with E-state index in [9.17, 15) is 9.59 Å². The average Bonchev–Trinajstić information content (AvgIpc) is 2.81. The predicted octanol–water partition coefficient (Wildman–Crippen LogP) is 4.92. The maximum Gasteiger partial charge on any atom is 0.241 e. The largest absolute Gasteiger partial charge is 0.489 e. The zero-order valence-electron chi connectivity index (χ0n) is 17.5. The van der Waals surface area contributed by atoms with Crippen molar-refractivity contribution in [1.29, 1.82) is 0 Å². The molecule has 162 valence electrons. The van der Waals surface area contributed by atoms with Gasteiger partial charge in [0.2, 0.25) is 11.8 Å². The zero-order valence-corrected chi connectivity index (χ0v) is 19.1. The number of likely N-dealkylation sites (tertiary alicyclic amines) is 1. The van der Waals surface area contributed by atoms with Crippen molar-refractivity contribution in [3.8, 4) is 5.75 Å². The number of carbonyl (C=O) groups is 2. The lowest BCUT2D eigenvalue weighted by Crippen LogP contribution is -2.45. The molecule has 6 heteroatoms. The number of carbonyl (C=O) groups excluding carboxylic acids is 2. The van der Waals surface area contributed by atoms with Crippen LogP contribution in [0.3, 0.4) is 0 Å². The Morgan fingerprint density at radius 3 is 2.38 bits per heavy atom. The number of hydrogen-bond acceptors (Lipinski definition) is 3. The van der Waals surface area contributed by atoms with E-state index in [4.69, 9.17) is 4.74 Å². The number of nitrogens with zero attached hydrogens (tertiary/aromatic N) is 2. The first-order chi connectivity index (χ1) is 15.6. The first-order valence-corrected chi connectivity index (χ1v) is 11.6. The number of rotatable bonds is 5. The number of para-hydroxylation sites is 1. The van der Waals surface area contributed by atoms with Crippen LogP contribution >= 0.6 is 15.9 Å². The Balaban J connectivity index is 1.15. The second-order valence-electron chi connectivity index (χ2n) is 8.10. The van der Waals surface area contributed by atoms with Crippen LogP contribution in [0.2, 0.25) is 0 Å². The molecule has 0 unspecified atom stereocenters. The van der Waals surface area contributed by atoms with Gasteiger partial charge in [0.05, 0.1) is 15.9 Å². The highest BCUT2D eigenvalue weighted by Gasteiger charge is 2.36. The number of ether oxygens (including phenoxy) is 1. The lowest BCUT2D eigenvalue weighted by molar-refractivity contribution is -0.140. The third-order valence-electron chi connectivity index (χ3n) is 6.04. The number of halogens is 1. The van der Waals surface area contributed by atoms with E-state index in [0.717, 1.165) is 45.6 Å². The average molecular weight is 491 g/mol. The van der Waals surface area contributed by atoms with Crippen molar-refractivity contribution < 1.29 is 14.3 Å². The summed E-state index contributed by atoms with van der Waals surface area (Å²) in [7, 11) is 0. The van der Waals surface area contributed by atoms with Crippen LogP contribution in [0.15, 0.2) is 88.7 Å². The maximum absolute atomic E-state index is 13.0. The smallest absolute Gasteiger partial charge is 0.241 e. The lowest BCUT2D eigenvalue weighted by atomic mass is 9.91. The van der Waals surface area contributed by atoms with Crippen LogP contribution in [-0.4, -0.2) is 40.8 Å². The molecule has 2 aromatic carbocycles. The van der Waals surface area contributed by atoms with Crippen molar-refractivity contribution in [2.75, 3.05) is 13.1 Å². The Morgan fingerprint density at radius 1 is 0.938 bits per heavy atom. The summed E-state index contributed by atoms with van der Waals surface area (Å²) in [6.45, 7) is 1.20. The molecule has 2 amide bonds. The highest BCUT2D eigenvalue weighted by molar-refractivity contribution is 9.10. The monoisotopic (exact) mass is 490 g/mol. The topological polar surface area (TPSA) is 49.9 Å². The van der Waals surface area contributed by atoms with Crippen molar-refractivity contribution in [3.05, 3.63) is 94.3 Å². The van der Waals surface area contributed by atoms with Crippen molar-refractivity contribution >= 4 is 33.3 Å². The SMILES string of the molecule is O=C(CC(=O)N1c2ccc(-c3ccccc3)c1c2)N1CCC(Oc2ccccc2Br)CC1. The molecule has 3 aliphatic rings. The molecule has 0 atom stereocenters. The fraction of sp³-hybridized carbons (Fsp3) is 0.231. The summed E-state index contributed by atoms with van der Waals surface area (Å²) in [4.78, 5) is 29.2. The molecule has 0 radical (unpaired) electrons. The molecular formula is C26H23BrN2O3. The number of hydrogen-bond donors (Lipinski definition) is 0. The van der Waals surface area contributed by atoms with Gasteiger partial charge in [0.15, 0.2) is 0 Å². The molecule has 0 saturated carbocycles. The molecule has 5 rings (SSSR count). The van der Waals surface area contributed by atoms with Crippen molar-refractivity contribution in [2.24, 2.45) is 0 Å². The Bertz CT molecular complexity index is 1140. The van der Waals surface area contributed by atoms with E-state index in [1.165, 1.54) is 0 Å². The third-order valence-corrected chi connectivity index (χ3v) is 6.70. The Kier molecular flexibility index (Phi) is 5.70. The molecule has 1 fully saturated rings. The van der Waals surface area contributed by atoms with Gasteiger partial charge in [0.1, 0.15) is 18.3 Å². The highest BCUT2D eigenvalue weighted by atomic mass is 79.9. The molecule has 0 aliphatic carbocycles. The highest BCUT2D eigenvalue weighted by Crippen LogP contribution is 2.41. The minimum atomic E-state index is -0.174. The summed E-state index contributed by atoms with van der Waals surface area (Å²) in [6, 6.07) is 17.8. The van der Waals surface area contributed by atoms with E-state index < -0.39 is 0 Å². The van der Waals surface area contributed by atoms with E-state index in [1.54, 1.807) is 9.80 Å². The van der Waals surface area contributed by atoms with E-state index in [2.05, 4.69) is 15.9 Å². The van der Waals surface area contributed by atoms with Gasteiger partial charge in [-0.3, -0.25) is 14.5 Å². The van der Waals surface area contributed by atoms with Crippen LogP contribution in [0.1, 0.15) is 24.8 Å². The van der Waals surface area contributed by atoms with Gasteiger partial charge in [-0.05, 0) is 45.8 Å². The van der Waals surface area contributed by atoms with Gasteiger partial charge in [-0.1, -0.05) is 48.5 Å². The molecule has 5 nitrogen and oxygen atoms in total. The minimum absolute atomic E-state index is 0.0667. The maximum atomic E-state index is 13.0. The van der Waals surface area contributed by atoms with Crippen LogP contribution in [0, 0.1) is 0 Å². The molecule has 32 heavy (non-hydrogen) atoms. The van der Waals surface area contributed by atoms with E-state index in [1.807, 2.05) is 72.8 Å². The van der Waals surface area contributed by atoms with E-state index >= 15 is 0 Å². The van der Waals surface area contributed by atoms with Gasteiger partial charge in [0.25, 0.3) is 0 Å². The number of piperidine rings is 1. The number of benzene rings is 2. The zero-order chi connectivity index (χ0) is 22.1. The second kappa shape index (κ2) is 8.79. The Morgan fingerprint density at radius 2 is 1.66 bits per heavy atom. The first kappa shape index (κ1) is 20.8. The molecule has 1 saturated heterocycles. The van der Waals surface area contributed by atoms with Crippen molar-refractivity contribution in [2.45, 2.75) is 25.4 Å². The molecule has 0 N–H and O–H groups in total. The second-order valence-corrected chi connectivity index (χ2v) is 8.96. The quantitative estimate of drug-likeness (QED) is 0.559. The molecule has 2 aromatic rings. The van der Waals surface area contributed by atoms with Gasteiger partial charge in [-0.25, -0.2) is 0 Å². The molecule has 0 spiro atoms. The van der Waals surface area contributed by atoms with Gasteiger partial charge in [-0.15, -0.1) is 0 Å². The van der Waals surface area contributed by atoms with E-state index in [0.29, 0.717) is 13.1 Å². The summed E-state index contributed by atoms with van der Waals surface area (Å²) in [5.41, 5.74) is 3.78. The summed E-state index contributed by atoms with van der Waals surface area (Å²) in [5.74, 6) is 0.526. The standard InChI is InChI=1S/C26H23BrN2O3/c27-22-8-4-5-9-24(22)32-20-12-14-28(15-13-20)25(30)17-26(31)29-19-10-11-21(23(29)16-19)18-6-2-1-3-7-18/h1-11,16,20H,12-15,17H2. The fourth-order valence-electron chi connectivity index (χ4n) is 4.32. The summed E-state index contributed by atoms with van der Waals surface area (Å²) in [6.07, 6.45) is 7.41. The summed E-state index contributed by atoms with van der Waals surface area (Å²) < 4.78 is 7.01. The lowest BCUT2D eigenvalue weighted by Gasteiger charge is -2.39. The summed E-state index contributed by atoms with van der Waals surface area (Å²) >= 11 is 3.51. The number of amides is 2. The Hall–Kier alpha value is -3.12. The van der Waals surface area contributed by atoms with Crippen LogP contribution < -0.4 is 4.74 Å². The Labute approximate surface area is 195 Å². The predicted molar refractivity (Wildman–Crippen MR) is 126 cm³/mol. The van der Waals surface area contributed by atoms with Crippen molar-refractivity contribution in [3.63, 3.8) is 0 Å². The van der Waals surface area contributed by atoms with Crippen molar-refractivity contribution in [1.82, 2.24) is 9.80 Å². The van der Waals surface area contributed by atoms with Gasteiger partial charge in [-0.2, -0.15) is 0 Å². The molecule has 3 aliphatic heterocycles. The molecular weight excluding hydrogens is 468 g/mol. The molecule has 0 aromatic heterocycles. The first-order valence-electron chi connectivity index (χ1n) is 10.8. The van der Waals surface area contributed by atoms with E-state index in [-0.39, 0.29) is 24.3 Å². The minimum Gasteiger partial charge on any atom is -0.489 e. The number of fused-ring (bicyclic) bond motifs is 2. The van der Waals surface area contributed by atoms with Crippen LogP contribution in [-0.2, 0) is 9.59 Å². The van der Waals surface area contributed by atoms with Gasteiger partial charge >= 0.3 is 0 Å². The number of allylic oxidation sites excluding steroid dienone is 4. The van der Waals surface area contributed by atoms with Gasteiger partial charge in [0, 0.05) is 31.5 Å². The summed E-state index contributed by atoms with van der Waals surface area (Å²) in [5, 5.41) is 0. The third kappa shape index (κ3) is 4.02. The fourth-order valence-corrected chi connectivity index (χ4v) is 4.70. The van der Waals surface area contributed by atoms with Crippen LogP contribution in [0.5, 0.6) is 5.75 Å². The van der Waals surface area contributed by atoms with Crippen LogP contribution in [0.25, 0.3) is 5.57 Å².